The van der Waals surface area contributed by atoms with Gasteiger partial charge in [-0.3, -0.25) is 10.1 Å². The maximum absolute atomic E-state index is 12.3. The van der Waals surface area contributed by atoms with Gasteiger partial charge < -0.3 is 15.0 Å². The Kier molecular flexibility index (Phi) is 7.82. The molecule has 1 heterocycles. The van der Waals surface area contributed by atoms with Gasteiger partial charge in [0.1, 0.15) is 6.33 Å². The van der Waals surface area contributed by atoms with Gasteiger partial charge in [-0.2, -0.15) is 0 Å². The summed E-state index contributed by atoms with van der Waals surface area (Å²) in [6, 6.07) is 25.9. The van der Waals surface area contributed by atoms with Gasteiger partial charge in [0.05, 0.1) is 17.1 Å². The fraction of sp³-hybridized carbons (Fsp3) is 0.148. The van der Waals surface area contributed by atoms with Crippen molar-refractivity contribution in [2.75, 3.05) is 16.8 Å². The van der Waals surface area contributed by atoms with Crippen LogP contribution >= 0.6 is 0 Å². The molecule has 0 aliphatic rings. The van der Waals surface area contributed by atoms with E-state index in [2.05, 4.69) is 15.3 Å². The van der Waals surface area contributed by atoms with Crippen LogP contribution in [0.3, 0.4) is 0 Å². The number of benzene rings is 3. The van der Waals surface area contributed by atoms with Crippen LogP contribution in [0.2, 0.25) is 0 Å². The molecule has 0 unspecified atom stereocenters. The highest BCUT2D eigenvalue weighted by atomic mass is 16.6. The summed E-state index contributed by atoms with van der Waals surface area (Å²) in [6.07, 6.45) is 1.31. The first-order valence-corrected chi connectivity index (χ1v) is 11.4. The normalized spacial score (nSPS) is 10.5. The molecule has 0 saturated carbocycles. The van der Waals surface area contributed by atoms with Gasteiger partial charge in [-0.15, -0.1) is 0 Å². The number of nitrogens with one attached hydrogen (secondary N) is 1. The topological polar surface area (TPSA) is 110 Å². The molecule has 0 fully saturated rings. The van der Waals surface area contributed by atoms with E-state index in [9.17, 15) is 14.9 Å². The first kappa shape index (κ1) is 24.3. The van der Waals surface area contributed by atoms with Crippen molar-refractivity contribution in [3.05, 3.63) is 118 Å². The number of anilines is 3. The van der Waals surface area contributed by atoms with Crippen molar-refractivity contribution in [1.82, 2.24) is 9.97 Å². The van der Waals surface area contributed by atoms with Gasteiger partial charge in [-0.1, -0.05) is 60.7 Å². The van der Waals surface area contributed by atoms with Gasteiger partial charge in [-0.05, 0) is 42.3 Å². The molecule has 0 bridgehead atoms. The highest BCUT2D eigenvalue weighted by Gasteiger charge is 2.27. The van der Waals surface area contributed by atoms with E-state index in [4.69, 9.17) is 4.74 Å². The first-order valence-electron chi connectivity index (χ1n) is 11.4. The summed E-state index contributed by atoms with van der Waals surface area (Å²) in [6.45, 7) is 2.85. The van der Waals surface area contributed by atoms with E-state index < -0.39 is 10.9 Å². The van der Waals surface area contributed by atoms with Crippen molar-refractivity contribution in [3.8, 4) is 0 Å². The second kappa shape index (κ2) is 11.6. The molecule has 0 saturated heterocycles. The lowest BCUT2D eigenvalue weighted by atomic mass is 10.1. The molecule has 182 valence electrons. The maximum Gasteiger partial charge on any atom is 0.353 e. The van der Waals surface area contributed by atoms with Gasteiger partial charge >= 0.3 is 11.7 Å². The molecule has 0 aliphatic heterocycles. The number of hydrogen-bond donors (Lipinski definition) is 1. The summed E-state index contributed by atoms with van der Waals surface area (Å²) in [5.74, 6) is -0.176. The van der Waals surface area contributed by atoms with Crippen LogP contribution < -0.4 is 10.2 Å². The number of nitrogens with zero attached hydrogens (tertiary/aromatic N) is 4. The summed E-state index contributed by atoms with van der Waals surface area (Å²) in [5.41, 5.74) is 2.67. The second-order valence-electron chi connectivity index (χ2n) is 7.90. The number of esters is 1. The van der Waals surface area contributed by atoms with Gasteiger partial charge in [0, 0.05) is 18.8 Å². The van der Waals surface area contributed by atoms with Crippen molar-refractivity contribution in [2.24, 2.45) is 0 Å². The Balaban J connectivity index is 1.68. The maximum atomic E-state index is 12.3. The van der Waals surface area contributed by atoms with E-state index in [0.717, 1.165) is 11.1 Å². The SMILES string of the molecule is CCOC(=O)c1ccc(Nc2ncnc(N(Cc3ccccc3)Cc3ccccc3)c2[N+](=O)[O-])cc1. The fourth-order valence-corrected chi connectivity index (χ4v) is 3.71. The average molecular weight is 484 g/mol. The molecule has 4 aromatic rings. The summed E-state index contributed by atoms with van der Waals surface area (Å²) in [5, 5.41) is 15.3. The number of rotatable bonds is 10. The zero-order chi connectivity index (χ0) is 25.3. The van der Waals surface area contributed by atoms with Crippen molar-refractivity contribution in [1.29, 1.82) is 0 Å². The molecule has 1 N–H and O–H groups in total. The molecule has 36 heavy (non-hydrogen) atoms. The van der Waals surface area contributed by atoms with Crippen LogP contribution in [0.4, 0.5) is 23.0 Å². The molecule has 9 heteroatoms. The summed E-state index contributed by atoms with van der Waals surface area (Å²) in [4.78, 5) is 34.0. The Morgan fingerprint density at radius 3 is 2.03 bits per heavy atom. The number of hydrogen-bond acceptors (Lipinski definition) is 8. The smallest absolute Gasteiger partial charge is 0.353 e. The fourth-order valence-electron chi connectivity index (χ4n) is 3.71. The highest BCUT2D eigenvalue weighted by molar-refractivity contribution is 5.90. The van der Waals surface area contributed by atoms with E-state index in [1.54, 1.807) is 31.2 Å². The number of carbonyl (C=O) groups excluding carboxylic acids is 1. The third-order valence-electron chi connectivity index (χ3n) is 5.38. The van der Waals surface area contributed by atoms with Crippen LogP contribution in [0, 0.1) is 10.1 Å². The van der Waals surface area contributed by atoms with Crippen molar-refractivity contribution >= 4 is 29.0 Å². The molecule has 9 nitrogen and oxygen atoms in total. The first-order chi connectivity index (χ1) is 17.5. The molecule has 0 atom stereocenters. The number of ether oxygens (including phenoxy) is 1. The minimum absolute atomic E-state index is 0.0556. The molecule has 0 aliphatic carbocycles. The Labute approximate surface area is 208 Å². The summed E-state index contributed by atoms with van der Waals surface area (Å²) >= 11 is 0. The van der Waals surface area contributed by atoms with E-state index in [1.165, 1.54) is 6.33 Å². The Morgan fingerprint density at radius 2 is 1.50 bits per heavy atom. The molecule has 0 amide bonds. The van der Waals surface area contributed by atoms with Gasteiger partial charge in [-0.25, -0.2) is 14.8 Å². The third kappa shape index (κ3) is 6.01. The van der Waals surface area contributed by atoms with E-state index in [-0.39, 0.29) is 23.9 Å². The number of carbonyl (C=O) groups is 1. The predicted octanol–water partition coefficient (Wildman–Crippen LogP) is 5.51. The van der Waals surface area contributed by atoms with Crippen LogP contribution in [0.15, 0.2) is 91.3 Å². The standard InChI is InChI=1S/C27H25N5O4/c1-2-36-27(33)22-13-15-23(16-14-22)30-25-24(32(34)35)26(29-19-28-25)31(17-20-9-5-3-6-10-20)18-21-11-7-4-8-12-21/h3-16,19H,2,17-18H2,1H3,(H,28,29,30). The van der Waals surface area contributed by atoms with Gasteiger partial charge in [0.2, 0.25) is 11.6 Å². The van der Waals surface area contributed by atoms with Crippen molar-refractivity contribution in [2.45, 2.75) is 20.0 Å². The lowest BCUT2D eigenvalue weighted by Crippen LogP contribution is -2.24. The van der Waals surface area contributed by atoms with E-state index >= 15 is 0 Å². The Morgan fingerprint density at radius 1 is 0.917 bits per heavy atom. The average Bonchev–Trinajstić information content (AvgIpc) is 2.90. The van der Waals surface area contributed by atoms with Gasteiger partial charge in [0.25, 0.3) is 0 Å². The van der Waals surface area contributed by atoms with Crippen LogP contribution in [-0.2, 0) is 17.8 Å². The van der Waals surface area contributed by atoms with E-state index in [0.29, 0.717) is 24.3 Å². The summed E-state index contributed by atoms with van der Waals surface area (Å²) in [7, 11) is 0. The largest absolute Gasteiger partial charge is 0.462 e. The number of nitro groups is 1. The van der Waals surface area contributed by atoms with E-state index in [1.807, 2.05) is 65.6 Å². The van der Waals surface area contributed by atoms with Crippen LogP contribution in [0.5, 0.6) is 0 Å². The molecule has 1 aromatic heterocycles. The monoisotopic (exact) mass is 483 g/mol. The molecule has 4 rings (SSSR count). The van der Waals surface area contributed by atoms with Gasteiger partial charge in [0.15, 0.2) is 0 Å². The quantitative estimate of drug-likeness (QED) is 0.179. The highest BCUT2D eigenvalue weighted by Crippen LogP contribution is 2.35. The molecular formula is C27H25N5O4. The predicted molar refractivity (Wildman–Crippen MR) is 137 cm³/mol. The van der Waals surface area contributed by atoms with Crippen molar-refractivity contribution < 1.29 is 14.5 Å². The van der Waals surface area contributed by atoms with Crippen LogP contribution in [0.25, 0.3) is 0 Å². The minimum atomic E-state index is -0.479. The zero-order valence-electron chi connectivity index (χ0n) is 19.7. The summed E-state index contributed by atoms with van der Waals surface area (Å²) < 4.78 is 5.00. The Bertz CT molecular complexity index is 1270. The van der Waals surface area contributed by atoms with Crippen molar-refractivity contribution in [3.63, 3.8) is 0 Å². The third-order valence-corrected chi connectivity index (χ3v) is 5.38. The molecular weight excluding hydrogens is 458 g/mol. The molecule has 3 aromatic carbocycles. The molecule has 0 radical (unpaired) electrons. The Hall–Kier alpha value is -4.79. The van der Waals surface area contributed by atoms with Crippen LogP contribution in [0.1, 0.15) is 28.4 Å². The molecule has 0 spiro atoms. The lowest BCUT2D eigenvalue weighted by molar-refractivity contribution is -0.383. The number of aromatic nitrogens is 2. The lowest BCUT2D eigenvalue weighted by Gasteiger charge is -2.24. The van der Waals surface area contributed by atoms with Crippen LogP contribution in [-0.4, -0.2) is 27.5 Å². The second-order valence-corrected chi connectivity index (χ2v) is 7.90. The zero-order valence-corrected chi connectivity index (χ0v) is 19.7. The minimum Gasteiger partial charge on any atom is -0.462 e.